The number of anilines is 1. The standard InChI is InChI=1S/C20H18FN5O3/c1-25-19(28)15-3-2-6-26(18(15)20(25)29)11-17(27)24-16-5-4-12(9-23-16)13-7-14(21)10-22-8-13/h4-5,7-10H,2-3,6,11H2,1H3,(H,23,24,27). The highest BCUT2D eigenvalue weighted by atomic mass is 19.1. The zero-order valence-corrected chi connectivity index (χ0v) is 15.7. The summed E-state index contributed by atoms with van der Waals surface area (Å²) in [5.41, 5.74) is 2.04. The molecule has 4 rings (SSSR count). The van der Waals surface area contributed by atoms with E-state index in [-0.39, 0.29) is 24.3 Å². The number of rotatable bonds is 4. The Morgan fingerprint density at radius 1 is 1.17 bits per heavy atom. The second-order valence-corrected chi connectivity index (χ2v) is 6.89. The molecule has 2 aromatic heterocycles. The highest BCUT2D eigenvalue weighted by molar-refractivity contribution is 6.19. The molecule has 0 saturated carbocycles. The molecule has 9 heteroatoms. The first-order chi connectivity index (χ1) is 13.9. The molecule has 2 aromatic rings. The van der Waals surface area contributed by atoms with Gasteiger partial charge in [0.15, 0.2) is 0 Å². The van der Waals surface area contributed by atoms with Crippen LogP contribution in [0.15, 0.2) is 48.1 Å². The third-order valence-electron chi connectivity index (χ3n) is 4.93. The van der Waals surface area contributed by atoms with Crippen LogP contribution in [-0.4, -0.2) is 57.6 Å². The van der Waals surface area contributed by atoms with Crippen molar-refractivity contribution in [2.24, 2.45) is 0 Å². The summed E-state index contributed by atoms with van der Waals surface area (Å²) in [7, 11) is 1.45. The van der Waals surface area contributed by atoms with Crippen molar-refractivity contribution in [1.29, 1.82) is 0 Å². The van der Waals surface area contributed by atoms with Gasteiger partial charge in [-0.2, -0.15) is 0 Å². The molecule has 0 radical (unpaired) electrons. The number of carbonyl (C=O) groups excluding carboxylic acids is 3. The first kappa shape index (κ1) is 18.7. The smallest absolute Gasteiger partial charge is 0.277 e. The number of pyridine rings is 2. The van der Waals surface area contributed by atoms with Crippen LogP contribution < -0.4 is 5.32 Å². The summed E-state index contributed by atoms with van der Waals surface area (Å²) in [5, 5.41) is 2.68. The maximum atomic E-state index is 13.3. The molecule has 1 N–H and O–H groups in total. The maximum absolute atomic E-state index is 13.3. The number of likely N-dealkylation sites (N-methyl/N-ethyl adjacent to an activating group) is 1. The van der Waals surface area contributed by atoms with E-state index in [1.165, 1.54) is 25.5 Å². The van der Waals surface area contributed by atoms with Gasteiger partial charge in [0, 0.05) is 42.7 Å². The lowest BCUT2D eigenvalue weighted by Gasteiger charge is -2.28. The monoisotopic (exact) mass is 395 g/mol. The highest BCUT2D eigenvalue weighted by Gasteiger charge is 2.40. The van der Waals surface area contributed by atoms with Gasteiger partial charge in [-0.25, -0.2) is 9.37 Å². The van der Waals surface area contributed by atoms with Crippen molar-refractivity contribution in [3.05, 3.63) is 53.9 Å². The number of halogens is 1. The highest BCUT2D eigenvalue weighted by Crippen LogP contribution is 2.30. The Hall–Kier alpha value is -3.62. The van der Waals surface area contributed by atoms with Crippen molar-refractivity contribution in [2.75, 3.05) is 25.5 Å². The number of hydrogen-bond acceptors (Lipinski definition) is 6. The minimum Gasteiger partial charge on any atom is -0.357 e. The zero-order valence-electron chi connectivity index (χ0n) is 15.7. The first-order valence-corrected chi connectivity index (χ1v) is 9.11. The van der Waals surface area contributed by atoms with Crippen molar-refractivity contribution in [3.8, 4) is 11.1 Å². The Kier molecular flexibility index (Phi) is 4.79. The van der Waals surface area contributed by atoms with Crippen LogP contribution >= 0.6 is 0 Å². The largest absolute Gasteiger partial charge is 0.357 e. The maximum Gasteiger partial charge on any atom is 0.277 e. The second kappa shape index (κ2) is 7.42. The van der Waals surface area contributed by atoms with E-state index in [4.69, 9.17) is 0 Å². The minimum absolute atomic E-state index is 0.0526. The van der Waals surface area contributed by atoms with Gasteiger partial charge in [-0.05, 0) is 31.0 Å². The minimum atomic E-state index is -0.444. The van der Waals surface area contributed by atoms with Crippen LogP contribution in [-0.2, 0) is 14.4 Å². The number of imide groups is 1. The van der Waals surface area contributed by atoms with Crippen molar-refractivity contribution in [1.82, 2.24) is 19.8 Å². The molecule has 0 bridgehead atoms. The van der Waals surface area contributed by atoms with Gasteiger partial charge in [0.05, 0.1) is 12.7 Å². The quantitative estimate of drug-likeness (QED) is 0.790. The molecule has 3 amide bonds. The molecule has 8 nitrogen and oxygen atoms in total. The molecule has 0 aliphatic carbocycles. The van der Waals surface area contributed by atoms with Gasteiger partial charge in [0.2, 0.25) is 5.91 Å². The third kappa shape index (κ3) is 3.58. The molecule has 2 aliphatic rings. The number of carbonyl (C=O) groups is 3. The van der Waals surface area contributed by atoms with Crippen LogP contribution in [0.2, 0.25) is 0 Å². The van der Waals surface area contributed by atoms with E-state index >= 15 is 0 Å². The van der Waals surface area contributed by atoms with Crippen molar-refractivity contribution >= 4 is 23.5 Å². The SMILES string of the molecule is CN1C(=O)C2=C(C1=O)N(CC(=O)Nc1ccc(-c3cncc(F)c3)cn1)CCC2. The van der Waals surface area contributed by atoms with E-state index in [1.54, 1.807) is 17.0 Å². The normalized spacial score (nSPS) is 16.3. The van der Waals surface area contributed by atoms with Crippen molar-refractivity contribution in [3.63, 3.8) is 0 Å². The summed E-state index contributed by atoms with van der Waals surface area (Å²) >= 11 is 0. The van der Waals surface area contributed by atoms with Gasteiger partial charge in [-0.1, -0.05) is 0 Å². The van der Waals surface area contributed by atoms with E-state index in [9.17, 15) is 18.8 Å². The Morgan fingerprint density at radius 2 is 2.00 bits per heavy atom. The molecule has 0 unspecified atom stereocenters. The molecule has 0 saturated heterocycles. The summed E-state index contributed by atoms with van der Waals surface area (Å²) in [5.74, 6) is -1.12. The van der Waals surface area contributed by atoms with Crippen LogP contribution in [0.1, 0.15) is 12.8 Å². The zero-order chi connectivity index (χ0) is 20.5. The summed E-state index contributed by atoms with van der Waals surface area (Å²) in [4.78, 5) is 47.6. The van der Waals surface area contributed by atoms with Crippen molar-refractivity contribution < 1.29 is 18.8 Å². The summed E-state index contributed by atoms with van der Waals surface area (Å²) in [6, 6.07) is 4.66. The lowest BCUT2D eigenvalue weighted by Crippen LogP contribution is -2.38. The van der Waals surface area contributed by atoms with E-state index in [0.29, 0.717) is 47.6 Å². The number of hydrogen-bond donors (Lipinski definition) is 1. The lowest BCUT2D eigenvalue weighted by atomic mass is 10.0. The molecule has 29 heavy (non-hydrogen) atoms. The molecule has 0 atom stereocenters. The first-order valence-electron chi connectivity index (χ1n) is 9.11. The number of aromatic nitrogens is 2. The fraction of sp³-hybridized carbons (Fsp3) is 0.250. The van der Waals surface area contributed by atoms with E-state index in [2.05, 4.69) is 15.3 Å². The van der Waals surface area contributed by atoms with Gasteiger partial charge < -0.3 is 10.2 Å². The van der Waals surface area contributed by atoms with Crippen LogP contribution in [0.3, 0.4) is 0 Å². The van der Waals surface area contributed by atoms with Crippen molar-refractivity contribution in [2.45, 2.75) is 12.8 Å². The van der Waals surface area contributed by atoms with Crippen LogP contribution in [0.5, 0.6) is 0 Å². The van der Waals surface area contributed by atoms with E-state index in [0.717, 1.165) is 11.1 Å². The average molecular weight is 395 g/mol. The predicted molar refractivity (Wildman–Crippen MR) is 102 cm³/mol. The summed E-state index contributed by atoms with van der Waals surface area (Å²) in [6.45, 7) is 0.473. The topological polar surface area (TPSA) is 95.5 Å². The summed E-state index contributed by atoms with van der Waals surface area (Å²) in [6.07, 6.45) is 5.40. The van der Waals surface area contributed by atoms with Gasteiger partial charge in [-0.3, -0.25) is 24.3 Å². The number of amides is 3. The Morgan fingerprint density at radius 3 is 2.72 bits per heavy atom. The molecule has 148 valence electrons. The van der Waals surface area contributed by atoms with Crippen LogP contribution in [0.25, 0.3) is 11.1 Å². The predicted octanol–water partition coefficient (Wildman–Crippen LogP) is 1.57. The Balaban J connectivity index is 1.44. The van der Waals surface area contributed by atoms with Gasteiger partial charge in [-0.15, -0.1) is 0 Å². The van der Waals surface area contributed by atoms with E-state index in [1.807, 2.05) is 0 Å². The summed E-state index contributed by atoms with van der Waals surface area (Å²) < 4.78 is 13.3. The second-order valence-electron chi connectivity index (χ2n) is 6.89. The Labute approximate surface area is 166 Å². The lowest BCUT2D eigenvalue weighted by molar-refractivity contribution is -0.136. The fourth-order valence-corrected chi connectivity index (χ4v) is 3.52. The van der Waals surface area contributed by atoms with Crippen LogP contribution in [0, 0.1) is 5.82 Å². The van der Waals surface area contributed by atoms with Gasteiger partial charge >= 0.3 is 0 Å². The van der Waals surface area contributed by atoms with E-state index < -0.39 is 5.82 Å². The Bertz CT molecular complexity index is 1030. The molecular weight excluding hydrogens is 377 g/mol. The molecule has 4 heterocycles. The molecule has 0 fully saturated rings. The average Bonchev–Trinajstić information content (AvgIpc) is 2.93. The third-order valence-corrected chi connectivity index (χ3v) is 4.93. The fourth-order valence-electron chi connectivity index (χ4n) is 3.52. The molecular formula is C20H18FN5O3. The van der Waals surface area contributed by atoms with Gasteiger partial charge in [0.1, 0.15) is 17.3 Å². The molecule has 0 aromatic carbocycles. The molecule has 0 spiro atoms. The number of nitrogens with one attached hydrogen (secondary N) is 1. The number of nitrogens with zero attached hydrogens (tertiary/aromatic N) is 4. The molecule has 2 aliphatic heterocycles. The van der Waals surface area contributed by atoms with Gasteiger partial charge in [0.25, 0.3) is 11.8 Å². The van der Waals surface area contributed by atoms with Crippen LogP contribution in [0.4, 0.5) is 10.2 Å².